The van der Waals surface area contributed by atoms with Crippen molar-refractivity contribution in [3.8, 4) is 0 Å². The number of thioether (sulfide) groups is 1. The Kier molecular flexibility index (Phi) is 16.7. The Hall–Kier alpha value is -4.25. The number of fused-ring (bicyclic) bond motifs is 3. The first-order valence-electron chi connectivity index (χ1n) is 20.6. The molecule has 4 rings (SSSR count). The van der Waals surface area contributed by atoms with Crippen molar-refractivity contribution < 1.29 is 38.2 Å². The van der Waals surface area contributed by atoms with E-state index in [9.17, 15) is 28.8 Å². The number of nitrogens with zero attached hydrogens (tertiary/aromatic N) is 1. The lowest BCUT2D eigenvalue weighted by molar-refractivity contribution is -0.142. The van der Waals surface area contributed by atoms with Crippen molar-refractivity contribution in [2.75, 3.05) is 18.9 Å². The van der Waals surface area contributed by atoms with Crippen LogP contribution >= 0.6 is 11.8 Å². The molecule has 2 bridgehead atoms. The quantitative estimate of drug-likeness (QED) is 0.170. The van der Waals surface area contributed by atoms with Crippen molar-refractivity contribution >= 4 is 47.2 Å². The molecule has 3 saturated heterocycles. The number of rotatable bonds is 12. The molecule has 59 heavy (non-hydrogen) atoms. The summed E-state index contributed by atoms with van der Waals surface area (Å²) < 4.78 is 12.2. The van der Waals surface area contributed by atoms with E-state index in [0.717, 1.165) is 5.56 Å². The molecule has 10 atom stereocenters. The molecule has 0 saturated carbocycles. The molecule has 6 amide bonds. The summed E-state index contributed by atoms with van der Waals surface area (Å²) in [6.45, 7) is 21.6. The van der Waals surface area contributed by atoms with Crippen molar-refractivity contribution in [1.29, 1.82) is 0 Å². The van der Waals surface area contributed by atoms with Crippen molar-refractivity contribution in [1.82, 2.24) is 36.8 Å². The van der Waals surface area contributed by atoms with Crippen LogP contribution in [0.5, 0.6) is 0 Å². The van der Waals surface area contributed by atoms with Gasteiger partial charge in [0.05, 0.1) is 41.4 Å². The number of carbonyl (C=O) groups excluding carboxylic acids is 6. The maximum atomic E-state index is 14.4. The average molecular weight is 840 g/mol. The Morgan fingerprint density at radius 2 is 1.49 bits per heavy atom. The maximum absolute atomic E-state index is 14.4. The third-order valence-electron chi connectivity index (χ3n) is 11.3. The molecule has 3 heterocycles. The summed E-state index contributed by atoms with van der Waals surface area (Å²) >= 11 is 1.47. The molecule has 1 unspecified atom stereocenters. The van der Waals surface area contributed by atoms with Crippen LogP contribution in [-0.2, 0) is 44.7 Å². The number of carbonyl (C=O) groups is 6. The fourth-order valence-corrected chi connectivity index (χ4v) is 8.48. The zero-order valence-corrected chi connectivity index (χ0v) is 36.6. The fraction of sp³-hybridized carbons (Fsp3) is 0.628. The highest BCUT2D eigenvalue weighted by molar-refractivity contribution is 8.00. The monoisotopic (exact) mass is 839 g/mol. The molecular weight excluding hydrogens is 775 g/mol. The van der Waals surface area contributed by atoms with Crippen LogP contribution in [0.2, 0.25) is 0 Å². The van der Waals surface area contributed by atoms with Crippen LogP contribution in [-0.4, -0.2) is 124 Å². The van der Waals surface area contributed by atoms with E-state index < -0.39 is 94.5 Å². The van der Waals surface area contributed by atoms with Gasteiger partial charge in [-0.15, -0.1) is 24.9 Å². The Morgan fingerprint density at radius 3 is 2.14 bits per heavy atom. The second kappa shape index (κ2) is 20.8. The van der Waals surface area contributed by atoms with Crippen LogP contribution in [0.4, 0.5) is 0 Å². The molecule has 6 N–H and O–H groups in total. The normalized spacial score (nSPS) is 29.1. The maximum Gasteiger partial charge on any atom is 0.245 e. The minimum absolute atomic E-state index is 0.308. The molecule has 326 valence electrons. The highest BCUT2D eigenvalue weighted by atomic mass is 32.2. The van der Waals surface area contributed by atoms with E-state index in [2.05, 4.69) is 45.1 Å². The zero-order valence-electron chi connectivity index (χ0n) is 35.8. The molecule has 3 aliphatic heterocycles. The Balaban J connectivity index is 1.76. The van der Waals surface area contributed by atoms with Gasteiger partial charge < -0.3 is 41.0 Å². The molecular formula is C43H65N7O8S. The molecule has 16 heteroatoms. The number of nitrogens with one attached hydrogen (secondary N) is 6. The second-order valence-electron chi connectivity index (χ2n) is 16.9. The summed E-state index contributed by atoms with van der Waals surface area (Å²) in [6.07, 6.45) is 4.20. The molecule has 3 fully saturated rings. The number of benzene rings is 1. The van der Waals surface area contributed by atoms with Crippen molar-refractivity contribution in [2.24, 2.45) is 5.92 Å². The summed E-state index contributed by atoms with van der Waals surface area (Å²) in [5, 5.41) is 17.4. The third kappa shape index (κ3) is 12.9. The molecule has 3 aliphatic rings. The van der Waals surface area contributed by atoms with Gasteiger partial charge in [0.2, 0.25) is 35.4 Å². The van der Waals surface area contributed by atoms with Crippen LogP contribution in [0.15, 0.2) is 55.6 Å². The summed E-state index contributed by atoms with van der Waals surface area (Å²) in [7, 11) is 0. The average Bonchev–Trinajstić information content (AvgIpc) is 3.91. The van der Waals surface area contributed by atoms with Gasteiger partial charge in [-0.05, 0) is 72.3 Å². The van der Waals surface area contributed by atoms with E-state index in [-0.39, 0.29) is 18.4 Å². The molecule has 1 aromatic rings. The van der Waals surface area contributed by atoms with Gasteiger partial charge in [0.1, 0.15) is 30.2 Å². The van der Waals surface area contributed by atoms with Crippen molar-refractivity contribution in [3.05, 3.63) is 61.2 Å². The lowest BCUT2D eigenvalue weighted by Gasteiger charge is -2.33. The molecule has 0 spiro atoms. The molecule has 1 aromatic carbocycles. The Bertz CT molecular complexity index is 1690. The highest BCUT2D eigenvalue weighted by Gasteiger charge is 2.43. The number of hydrogen-bond donors (Lipinski definition) is 6. The van der Waals surface area contributed by atoms with Gasteiger partial charge in [-0.2, -0.15) is 0 Å². The lowest BCUT2D eigenvalue weighted by atomic mass is 9.97. The van der Waals surface area contributed by atoms with Gasteiger partial charge in [-0.25, -0.2) is 0 Å². The van der Waals surface area contributed by atoms with Crippen LogP contribution < -0.4 is 31.9 Å². The standard InChI is InChI=1S/C43H65N7O8S/c1-11-25(4)33-38(54)44-26(5)41(56)50-21-17-20-32(50)37(53)45-29(22-28-18-15-14-16-19-28)40-47-31(24-59-40)36(52)49-34(27(6)58-43(9,10)13-3)39(55)46-30(35(51)48-33)23-57-42(7,8)12-2/h12-16,18-19,25-27,29-34,40,47H,2-3,11,17,20-24H2,1,4-10H3,(H,44,54)(H,45,53)(H,46,55)(H,48,51)(H,49,52)/t25-,26-,27+,29?,30-,31-,32+,33-,34+,40-/m0/s1. The van der Waals surface area contributed by atoms with E-state index in [1.165, 1.54) is 16.7 Å². The summed E-state index contributed by atoms with van der Waals surface area (Å²) in [4.78, 5) is 86.2. The third-order valence-corrected chi connectivity index (χ3v) is 12.6. The topological polar surface area (TPSA) is 196 Å². The highest BCUT2D eigenvalue weighted by Crippen LogP contribution is 2.26. The van der Waals surface area contributed by atoms with Gasteiger partial charge in [0.25, 0.3) is 0 Å². The van der Waals surface area contributed by atoms with Crippen LogP contribution in [0, 0.1) is 5.92 Å². The van der Waals surface area contributed by atoms with E-state index in [1.54, 1.807) is 60.6 Å². The van der Waals surface area contributed by atoms with Crippen LogP contribution in [0.1, 0.15) is 80.2 Å². The van der Waals surface area contributed by atoms with Crippen molar-refractivity contribution in [2.45, 2.75) is 146 Å². The summed E-state index contributed by atoms with van der Waals surface area (Å²) in [6, 6.07) is 2.88. The molecule has 0 aromatic heterocycles. The Labute approximate surface area is 353 Å². The summed E-state index contributed by atoms with van der Waals surface area (Å²) in [5.41, 5.74) is -0.811. The number of ether oxygens (including phenoxy) is 2. The van der Waals surface area contributed by atoms with Crippen LogP contribution in [0.3, 0.4) is 0 Å². The lowest BCUT2D eigenvalue weighted by Crippen LogP contribution is -2.63. The Morgan fingerprint density at radius 1 is 0.847 bits per heavy atom. The first-order chi connectivity index (χ1) is 27.8. The van der Waals surface area contributed by atoms with E-state index in [4.69, 9.17) is 9.47 Å². The fourth-order valence-electron chi connectivity index (χ4n) is 7.18. The smallest absolute Gasteiger partial charge is 0.245 e. The van der Waals surface area contributed by atoms with Gasteiger partial charge in [0.15, 0.2) is 0 Å². The van der Waals surface area contributed by atoms with Gasteiger partial charge in [-0.1, -0.05) is 62.8 Å². The minimum Gasteiger partial charge on any atom is -0.369 e. The van der Waals surface area contributed by atoms with Gasteiger partial charge in [0, 0.05) is 12.3 Å². The van der Waals surface area contributed by atoms with E-state index in [1.807, 2.05) is 37.3 Å². The SMILES string of the molecule is C=CC(C)(C)OC[C@@H]1NC(=O)[C@@H]([C@@H](C)OC(C)(C)C=C)NC(=O)[C@@H]2CS[C@H](N2)C(Cc2ccccc2)NC(=O)[C@H]2CCCN2C(=O)[C@H](C)NC(=O)[C@H]([C@@H](C)CC)NC1=O. The van der Waals surface area contributed by atoms with E-state index in [0.29, 0.717) is 38.0 Å². The summed E-state index contributed by atoms with van der Waals surface area (Å²) in [5.74, 6) is -3.34. The largest absolute Gasteiger partial charge is 0.369 e. The predicted octanol–water partition coefficient (Wildman–Crippen LogP) is 2.11. The first-order valence-corrected chi connectivity index (χ1v) is 21.7. The number of amides is 6. The van der Waals surface area contributed by atoms with Gasteiger partial charge >= 0.3 is 0 Å². The van der Waals surface area contributed by atoms with Crippen molar-refractivity contribution in [3.63, 3.8) is 0 Å². The molecule has 0 radical (unpaired) electrons. The molecule has 0 aliphatic carbocycles. The second-order valence-corrected chi connectivity index (χ2v) is 18.0. The molecule has 15 nitrogen and oxygen atoms in total. The zero-order chi connectivity index (χ0) is 43.7. The minimum atomic E-state index is -1.33. The van der Waals surface area contributed by atoms with Gasteiger partial charge in [-0.3, -0.25) is 34.1 Å². The number of hydrogen-bond acceptors (Lipinski definition) is 10. The van der Waals surface area contributed by atoms with Crippen LogP contribution in [0.25, 0.3) is 0 Å². The predicted molar refractivity (Wildman–Crippen MR) is 228 cm³/mol. The first kappa shape index (κ1) is 47.4. The van der Waals surface area contributed by atoms with E-state index >= 15 is 0 Å².